The number of benzene rings is 1. The van der Waals surface area contributed by atoms with E-state index >= 15 is 0 Å². The molecule has 0 bridgehead atoms. The number of likely N-dealkylation sites (tertiary alicyclic amines) is 1. The third-order valence-electron chi connectivity index (χ3n) is 5.00. The summed E-state index contributed by atoms with van der Waals surface area (Å²) in [4.78, 5) is 2.21. The van der Waals surface area contributed by atoms with Gasteiger partial charge in [-0.25, -0.2) is 8.78 Å². The van der Waals surface area contributed by atoms with Crippen molar-refractivity contribution in [2.24, 2.45) is 7.05 Å². The topological polar surface area (TPSA) is 41.3 Å². The fraction of sp³-hybridized carbons (Fsp3) is 0.500. The van der Waals surface area contributed by atoms with E-state index in [9.17, 15) is 13.9 Å². The first kappa shape index (κ1) is 17.0. The molecule has 3 rings (SSSR count). The summed E-state index contributed by atoms with van der Waals surface area (Å²) in [5, 5.41) is 14.9. The summed E-state index contributed by atoms with van der Waals surface area (Å²) >= 11 is 0. The minimum Gasteiger partial charge on any atom is -0.387 e. The molecule has 1 aromatic carbocycles. The summed E-state index contributed by atoms with van der Waals surface area (Å²) in [6.45, 7) is 5.32. The van der Waals surface area contributed by atoms with E-state index in [0.29, 0.717) is 12.1 Å². The van der Waals surface area contributed by atoms with Crippen molar-refractivity contribution < 1.29 is 13.9 Å². The molecule has 2 atom stereocenters. The van der Waals surface area contributed by atoms with Crippen LogP contribution < -0.4 is 0 Å². The van der Waals surface area contributed by atoms with Crippen LogP contribution in [-0.4, -0.2) is 32.9 Å². The maximum Gasteiger partial charge on any atom is 0.159 e. The Morgan fingerprint density at radius 2 is 2.04 bits per heavy atom. The number of hydrogen-bond acceptors (Lipinski definition) is 3. The van der Waals surface area contributed by atoms with Gasteiger partial charge in [-0.1, -0.05) is 6.07 Å². The molecule has 24 heavy (non-hydrogen) atoms. The fourth-order valence-electron chi connectivity index (χ4n) is 3.69. The molecule has 1 saturated heterocycles. The molecule has 1 aromatic heterocycles. The first-order valence-corrected chi connectivity index (χ1v) is 8.25. The molecule has 1 N–H and O–H groups in total. The second-order valence-corrected chi connectivity index (χ2v) is 6.55. The predicted molar refractivity (Wildman–Crippen MR) is 87.5 cm³/mol. The van der Waals surface area contributed by atoms with Gasteiger partial charge in [0.15, 0.2) is 11.6 Å². The van der Waals surface area contributed by atoms with Crippen molar-refractivity contribution in [1.29, 1.82) is 0 Å². The summed E-state index contributed by atoms with van der Waals surface area (Å²) in [5.74, 6) is -1.82. The highest BCUT2D eigenvalue weighted by Crippen LogP contribution is 2.36. The number of β-amino-alcohol motifs (C(OH)–C–C–N with tert-alkyl or cyclic N) is 1. The van der Waals surface area contributed by atoms with Crippen molar-refractivity contribution >= 4 is 0 Å². The molecule has 0 saturated carbocycles. The number of halogens is 2. The molecule has 6 heteroatoms. The summed E-state index contributed by atoms with van der Waals surface area (Å²) in [5.41, 5.74) is 3.76. The first-order valence-electron chi connectivity index (χ1n) is 8.25. The predicted octanol–water partition coefficient (Wildman–Crippen LogP) is 3.19. The van der Waals surface area contributed by atoms with Gasteiger partial charge in [-0.05, 0) is 50.9 Å². The molecule has 0 spiro atoms. The highest BCUT2D eigenvalue weighted by atomic mass is 19.2. The second-order valence-electron chi connectivity index (χ2n) is 6.55. The fourth-order valence-corrected chi connectivity index (χ4v) is 3.69. The Hall–Kier alpha value is -1.79. The molecular formula is C18H23F2N3O. The van der Waals surface area contributed by atoms with Crippen LogP contribution in [-0.2, 0) is 7.05 Å². The van der Waals surface area contributed by atoms with Gasteiger partial charge in [-0.2, -0.15) is 5.10 Å². The second kappa shape index (κ2) is 6.61. The zero-order chi connectivity index (χ0) is 17.4. The number of nitrogens with zero attached hydrogens (tertiary/aromatic N) is 3. The maximum atomic E-state index is 13.4. The minimum absolute atomic E-state index is 0.207. The Bertz CT molecular complexity index is 744. The van der Waals surface area contributed by atoms with Gasteiger partial charge in [0.25, 0.3) is 0 Å². The Labute approximate surface area is 140 Å². The van der Waals surface area contributed by atoms with Crippen LogP contribution in [0.4, 0.5) is 8.78 Å². The number of aryl methyl sites for hydroxylation is 2. The van der Waals surface area contributed by atoms with E-state index in [-0.39, 0.29) is 6.04 Å². The standard InChI is InChI=1S/C18H23F2N3O/c1-11-18(12(2)22(3)21-11)16-5-4-8-23(16)10-17(24)13-6-7-14(19)15(20)9-13/h6-7,9,16-17,24H,4-5,8,10H2,1-3H3/t16-,17+/m0/s1. The molecule has 4 nitrogen and oxygen atoms in total. The number of aliphatic hydroxyl groups excluding tert-OH is 1. The van der Waals surface area contributed by atoms with E-state index in [1.54, 1.807) is 0 Å². The van der Waals surface area contributed by atoms with Crippen LogP contribution in [0.1, 0.15) is 47.5 Å². The monoisotopic (exact) mass is 335 g/mol. The molecule has 0 unspecified atom stereocenters. The van der Waals surface area contributed by atoms with Crippen LogP contribution in [0.5, 0.6) is 0 Å². The Balaban J connectivity index is 1.79. The number of aromatic nitrogens is 2. The van der Waals surface area contributed by atoms with Gasteiger partial charge in [-0.15, -0.1) is 0 Å². The molecule has 1 fully saturated rings. The van der Waals surface area contributed by atoms with Gasteiger partial charge in [0.2, 0.25) is 0 Å². The normalized spacial score (nSPS) is 19.8. The van der Waals surface area contributed by atoms with Crippen molar-refractivity contribution in [2.75, 3.05) is 13.1 Å². The summed E-state index contributed by atoms with van der Waals surface area (Å²) in [6.07, 6.45) is 1.21. The minimum atomic E-state index is -0.927. The third kappa shape index (κ3) is 3.08. The molecule has 0 amide bonds. The summed E-state index contributed by atoms with van der Waals surface area (Å²) < 4.78 is 28.3. The van der Waals surface area contributed by atoms with Crippen LogP contribution in [0.2, 0.25) is 0 Å². The van der Waals surface area contributed by atoms with Gasteiger partial charge in [0.05, 0.1) is 11.8 Å². The van der Waals surface area contributed by atoms with Crippen molar-refractivity contribution in [3.63, 3.8) is 0 Å². The molecular weight excluding hydrogens is 312 g/mol. The highest BCUT2D eigenvalue weighted by molar-refractivity contribution is 5.29. The SMILES string of the molecule is Cc1nn(C)c(C)c1[C@@H]1CCCN1C[C@@H](O)c1ccc(F)c(F)c1. The zero-order valence-electron chi connectivity index (χ0n) is 14.3. The molecule has 1 aliphatic rings. The molecule has 0 aliphatic carbocycles. The molecule has 0 radical (unpaired) electrons. The maximum absolute atomic E-state index is 13.4. The zero-order valence-corrected chi connectivity index (χ0v) is 14.3. The summed E-state index contributed by atoms with van der Waals surface area (Å²) in [6, 6.07) is 3.78. The Morgan fingerprint density at radius 3 is 2.67 bits per heavy atom. The number of hydrogen-bond donors (Lipinski definition) is 1. The number of rotatable bonds is 4. The smallest absolute Gasteiger partial charge is 0.159 e. The van der Waals surface area contributed by atoms with Crippen LogP contribution in [0, 0.1) is 25.5 Å². The quantitative estimate of drug-likeness (QED) is 0.933. The molecule has 130 valence electrons. The molecule has 2 heterocycles. The third-order valence-corrected chi connectivity index (χ3v) is 5.00. The largest absolute Gasteiger partial charge is 0.387 e. The highest BCUT2D eigenvalue weighted by Gasteiger charge is 2.31. The number of aliphatic hydroxyl groups is 1. The lowest BCUT2D eigenvalue weighted by Crippen LogP contribution is -2.29. The van der Waals surface area contributed by atoms with Gasteiger partial charge < -0.3 is 5.11 Å². The van der Waals surface area contributed by atoms with E-state index < -0.39 is 17.7 Å². The first-order chi connectivity index (χ1) is 11.4. The lowest BCUT2D eigenvalue weighted by molar-refractivity contribution is 0.105. The van der Waals surface area contributed by atoms with Crippen molar-refractivity contribution in [2.45, 2.75) is 38.8 Å². The molecule has 2 aromatic rings. The van der Waals surface area contributed by atoms with Crippen molar-refractivity contribution in [1.82, 2.24) is 14.7 Å². The van der Waals surface area contributed by atoms with E-state index in [2.05, 4.69) is 16.9 Å². The Morgan fingerprint density at radius 1 is 1.29 bits per heavy atom. The average molecular weight is 335 g/mol. The average Bonchev–Trinajstić information content (AvgIpc) is 3.07. The van der Waals surface area contributed by atoms with E-state index in [4.69, 9.17) is 0 Å². The van der Waals surface area contributed by atoms with Crippen LogP contribution in [0.25, 0.3) is 0 Å². The van der Waals surface area contributed by atoms with E-state index in [1.165, 1.54) is 11.6 Å². The lowest BCUT2D eigenvalue weighted by atomic mass is 10.0. The summed E-state index contributed by atoms with van der Waals surface area (Å²) in [7, 11) is 1.93. The van der Waals surface area contributed by atoms with Crippen molar-refractivity contribution in [3.05, 3.63) is 52.3 Å². The van der Waals surface area contributed by atoms with E-state index in [1.807, 2.05) is 18.7 Å². The van der Waals surface area contributed by atoms with Gasteiger partial charge >= 0.3 is 0 Å². The van der Waals surface area contributed by atoms with Gasteiger partial charge in [-0.3, -0.25) is 9.58 Å². The van der Waals surface area contributed by atoms with E-state index in [0.717, 1.165) is 42.9 Å². The Kier molecular flexibility index (Phi) is 4.69. The van der Waals surface area contributed by atoms with Crippen LogP contribution in [0.15, 0.2) is 18.2 Å². The van der Waals surface area contributed by atoms with Crippen LogP contribution in [0.3, 0.4) is 0 Å². The molecule has 1 aliphatic heterocycles. The van der Waals surface area contributed by atoms with Gasteiger partial charge in [0.1, 0.15) is 0 Å². The van der Waals surface area contributed by atoms with Gasteiger partial charge in [0, 0.05) is 30.9 Å². The van der Waals surface area contributed by atoms with Crippen LogP contribution >= 0.6 is 0 Å². The lowest BCUT2D eigenvalue weighted by Gasteiger charge is -2.27. The van der Waals surface area contributed by atoms with Crippen molar-refractivity contribution in [3.8, 4) is 0 Å².